The molecule has 0 atom stereocenters. The first-order chi connectivity index (χ1) is 18.4. The smallest absolute Gasteiger partial charge is 0.264 e. The van der Waals surface area contributed by atoms with Crippen LogP contribution >= 0.6 is 11.8 Å². The average molecular weight is 548 g/mol. The fourth-order valence-corrected chi connectivity index (χ4v) is 5.67. The molecule has 0 bridgehead atoms. The molecule has 3 aromatic carbocycles. The third-order valence-corrected chi connectivity index (χ3v) is 8.30. The first-order valence-corrected chi connectivity index (χ1v) is 14.7. The van der Waals surface area contributed by atoms with Crippen molar-refractivity contribution in [3.63, 3.8) is 0 Å². The quantitative estimate of drug-likeness (QED) is 0.245. The maximum absolute atomic E-state index is 13.7. The summed E-state index contributed by atoms with van der Waals surface area (Å²) in [4.78, 5) is 18.2. The van der Waals surface area contributed by atoms with Crippen LogP contribution in [0.3, 0.4) is 0 Å². The lowest BCUT2D eigenvalue weighted by Gasteiger charge is -2.24. The van der Waals surface area contributed by atoms with Gasteiger partial charge in [-0.15, -0.1) is 11.8 Å². The SMILES string of the molecule is CCOc1ccc(N(CC(=O)Nc2ccc(Cc3ccncc3)cc2)S(=O)(=O)c2ccc(SC)cc2)cc1. The predicted molar refractivity (Wildman–Crippen MR) is 152 cm³/mol. The highest BCUT2D eigenvalue weighted by molar-refractivity contribution is 7.98. The molecule has 0 unspecified atom stereocenters. The van der Waals surface area contributed by atoms with E-state index in [0.717, 1.165) is 26.7 Å². The molecule has 196 valence electrons. The minimum atomic E-state index is -4.02. The van der Waals surface area contributed by atoms with Crippen molar-refractivity contribution in [1.82, 2.24) is 4.98 Å². The summed E-state index contributed by atoms with van der Waals surface area (Å²) in [5, 5.41) is 2.82. The van der Waals surface area contributed by atoms with Crippen molar-refractivity contribution in [2.75, 3.05) is 29.0 Å². The first-order valence-electron chi connectivity index (χ1n) is 12.1. The number of ether oxygens (including phenoxy) is 1. The van der Waals surface area contributed by atoms with Gasteiger partial charge in [0, 0.05) is 23.0 Å². The Morgan fingerprint density at radius 2 is 1.53 bits per heavy atom. The van der Waals surface area contributed by atoms with Crippen LogP contribution in [0.4, 0.5) is 11.4 Å². The number of hydrogen-bond donors (Lipinski definition) is 1. The summed E-state index contributed by atoms with van der Waals surface area (Å²) in [6, 6.07) is 24.7. The summed E-state index contributed by atoms with van der Waals surface area (Å²) in [6.45, 7) is 1.98. The number of nitrogens with one attached hydrogen (secondary N) is 1. The molecule has 1 amide bonds. The number of carbonyl (C=O) groups is 1. The van der Waals surface area contributed by atoms with E-state index in [1.54, 1.807) is 60.9 Å². The second-order valence-electron chi connectivity index (χ2n) is 8.39. The number of amides is 1. The second-order valence-corrected chi connectivity index (χ2v) is 11.1. The molecule has 7 nitrogen and oxygen atoms in total. The Balaban J connectivity index is 1.53. The van der Waals surface area contributed by atoms with Gasteiger partial charge >= 0.3 is 0 Å². The third kappa shape index (κ3) is 6.93. The molecule has 0 saturated carbocycles. The largest absolute Gasteiger partial charge is 0.494 e. The van der Waals surface area contributed by atoms with Crippen LogP contribution in [-0.2, 0) is 21.2 Å². The molecular formula is C29H29N3O4S2. The van der Waals surface area contributed by atoms with Gasteiger partial charge in [-0.3, -0.25) is 14.1 Å². The van der Waals surface area contributed by atoms with Gasteiger partial charge in [0.05, 0.1) is 17.2 Å². The van der Waals surface area contributed by atoms with E-state index in [2.05, 4.69) is 10.3 Å². The van der Waals surface area contributed by atoms with E-state index < -0.39 is 15.9 Å². The number of aromatic nitrogens is 1. The molecule has 0 fully saturated rings. The maximum atomic E-state index is 13.7. The molecule has 0 spiro atoms. The number of thioether (sulfide) groups is 1. The van der Waals surface area contributed by atoms with Crippen molar-refractivity contribution in [2.24, 2.45) is 0 Å². The van der Waals surface area contributed by atoms with Gasteiger partial charge < -0.3 is 10.1 Å². The number of rotatable bonds is 11. The number of anilines is 2. The van der Waals surface area contributed by atoms with Crippen LogP contribution < -0.4 is 14.4 Å². The highest BCUT2D eigenvalue weighted by atomic mass is 32.2. The van der Waals surface area contributed by atoms with Gasteiger partial charge in [-0.25, -0.2) is 8.42 Å². The minimum Gasteiger partial charge on any atom is -0.494 e. The molecule has 0 aliphatic rings. The van der Waals surface area contributed by atoms with Gasteiger partial charge in [0.15, 0.2) is 0 Å². The molecule has 9 heteroatoms. The number of carbonyl (C=O) groups excluding carboxylic acids is 1. The standard InChI is InChI=1S/C29H29N3O4S2/c1-3-36-26-10-8-25(9-11-26)32(38(34,35)28-14-12-27(37-2)13-15-28)21-29(33)31-24-6-4-22(5-7-24)20-23-16-18-30-19-17-23/h4-19H,3,20-21H2,1-2H3,(H,31,33). The van der Waals surface area contributed by atoms with Crippen LogP contribution in [0.5, 0.6) is 5.75 Å². The summed E-state index contributed by atoms with van der Waals surface area (Å²) in [5.74, 6) is 0.166. The van der Waals surface area contributed by atoms with Crippen molar-refractivity contribution in [3.8, 4) is 5.75 Å². The van der Waals surface area contributed by atoms with Crippen molar-refractivity contribution in [1.29, 1.82) is 0 Å². The molecule has 0 saturated heterocycles. The fraction of sp³-hybridized carbons (Fsp3) is 0.172. The zero-order chi connectivity index (χ0) is 27.0. The molecule has 0 aliphatic heterocycles. The summed E-state index contributed by atoms with van der Waals surface area (Å²) in [6.07, 6.45) is 6.18. The van der Waals surface area contributed by atoms with Crippen molar-refractivity contribution >= 4 is 39.1 Å². The molecule has 38 heavy (non-hydrogen) atoms. The number of sulfonamides is 1. The predicted octanol–water partition coefficient (Wildman–Crippen LogP) is 5.63. The first kappa shape index (κ1) is 27.2. The second kappa shape index (κ2) is 12.6. The monoisotopic (exact) mass is 547 g/mol. The lowest BCUT2D eigenvalue weighted by Crippen LogP contribution is -2.38. The van der Waals surface area contributed by atoms with E-state index in [4.69, 9.17) is 4.74 Å². The molecule has 1 aromatic heterocycles. The van der Waals surface area contributed by atoms with Crippen LogP contribution in [0.15, 0.2) is 107 Å². The van der Waals surface area contributed by atoms with Crippen LogP contribution in [0, 0.1) is 0 Å². The Bertz CT molecular complexity index is 1440. The number of pyridine rings is 1. The Hall–Kier alpha value is -3.82. The van der Waals surface area contributed by atoms with Crippen molar-refractivity contribution < 1.29 is 17.9 Å². The highest BCUT2D eigenvalue weighted by Crippen LogP contribution is 2.27. The Morgan fingerprint density at radius 3 is 2.13 bits per heavy atom. The molecule has 4 rings (SSSR count). The average Bonchev–Trinajstić information content (AvgIpc) is 2.94. The van der Waals surface area contributed by atoms with Crippen molar-refractivity contribution in [3.05, 3.63) is 108 Å². The molecule has 0 aliphatic carbocycles. The van der Waals surface area contributed by atoms with Gasteiger partial charge in [0.1, 0.15) is 12.3 Å². The van der Waals surface area contributed by atoms with Gasteiger partial charge in [-0.1, -0.05) is 12.1 Å². The minimum absolute atomic E-state index is 0.109. The van der Waals surface area contributed by atoms with E-state index in [1.165, 1.54) is 11.8 Å². The zero-order valence-corrected chi connectivity index (χ0v) is 22.8. The topological polar surface area (TPSA) is 88.6 Å². The van der Waals surface area contributed by atoms with Gasteiger partial charge in [-0.05, 0) is 104 Å². The maximum Gasteiger partial charge on any atom is 0.264 e. The lowest BCUT2D eigenvalue weighted by atomic mass is 10.1. The van der Waals surface area contributed by atoms with Crippen LogP contribution in [-0.4, -0.2) is 38.7 Å². The zero-order valence-electron chi connectivity index (χ0n) is 21.2. The Morgan fingerprint density at radius 1 is 0.895 bits per heavy atom. The Kier molecular flexibility index (Phi) is 9.04. The third-order valence-electron chi connectivity index (χ3n) is 5.77. The number of nitrogens with zero attached hydrogens (tertiary/aromatic N) is 2. The number of hydrogen-bond acceptors (Lipinski definition) is 6. The number of benzene rings is 3. The highest BCUT2D eigenvalue weighted by Gasteiger charge is 2.27. The van der Waals surface area contributed by atoms with Crippen LogP contribution in [0.25, 0.3) is 0 Å². The van der Waals surface area contributed by atoms with E-state index in [-0.39, 0.29) is 11.4 Å². The van der Waals surface area contributed by atoms with E-state index >= 15 is 0 Å². The van der Waals surface area contributed by atoms with E-state index in [0.29, 0.717) is 23.7 Å². The molecular weight excluding hydrogens is 518 g/mol. The summed E-state index contributed by atoms with van der Waals surface area (Å²) in [7, 11) is -4.02. The summed E-state index contributed by atoms with van der Waals surface area (Å²) >= 11 is 1.52. The molecule has 0 radical (unpaired) electrons. The lowest BCUT2D eigenvalue weighted by molar-refractivity contribution is -0.114. The van der Waals surface area contributed by atoms with Crippen LogP contribution in [0.1, 0.15) is 18.1 Å². The molecule has 4 aromatic rings. The van der Waals surface area contributed by atoms with E-state index in [1.807, 2.05) is 49.6 Å². The molecule has 1 heterocycles. The van der Waals surface area contributed by atoms with E-state index in [9.17, 15) is 13.2 Å². The van der Waals surface area contributed by atoms with Gasteiger partial charge in [0.25, 0.3) is 10.0 Å². The summed E-state index contributed by atoms with van der Waals surface area (Å²) < 4.78 is 33.9. The van der Waals surface area contributed by atoms with Crippen LogP contribution in [0.2, 0.25) is 0 Å². The fourth-order valence-electron chi connectivity index (χ4n) is 3.84. The van der Waals surface area contributed by atoms with Gasteiger partial charge in [0.2, 0.25) is 5.91 Å². The van der Waals surface area contributed by atoms with Gasteiger partial charge in [-0.2, -0.15) is 0 Å². The summed E-state index contributed by atoms with van der Waals surface area (Å²) in [5.41, 5.74) is 3.17. The Labute approximate surface area is 227 Å². The van der Waals surface area contributed by atoms with Crippen molar-refractivity contribution in [2.45, 2.75) is 23.1 Å². The normalized spacial score (nSPS) is 11.1. The molecule has 1 N–H and O–H groups in total.